The van der Waals surface area contributed by atoms with E-state index in [9.17, 15) is 13.2 Å². The van der Waals surface area contributed by atoms with E-state index in [4.69, 9.17) is 5.11 Å². The Kier molecular flexibility index (Phi) is 6.64. The summed E-state index contributed by atoms with van der Waals surface area (Å²) < 4.78 is 24.9. The van der Waals surface area contributed by atoms with Gasteiger partial charge in [-0.1, -0.05) is 35.3 Å². The minimum absolute atomic E-state index is 0.117. The average Bonchev–Trinajstić information content (AvgIpc) is 2.37. The van der Waals surface area contributed by atoms with Crippen LogP contribution in [0, 0.1) is 0 Å². The van der Waals surface area contributed by atoms with E-state index in [0.29, 0.717) is 10.9 Å². The van der Waals surface area contributed by atoms with Gasteiger partial charge in [0.05, 0.1) is 10.6 Å². The van der Waals surface area contributed by atoms with Gasteiger partial charge >= 0.3 is 5.97 Å². The quantitative estimate of drug-likeness (QED) is 0.738. The molecule has 1 aromatic carbocycles. The largest absolute Gasteiger partial charge is 0.480 e. The standard InChI is InChI=1S/C13H18BrNO4S/c1-2-4-12(13(16)17)15-7-8-20(18,19)11-6-3-5-10(14)9-11/h3,5-6,9,12,15H,2,4,7-8H2,1H3,(H,16,17). The molecule has 0 bridgehead atoms. The molecule has 0 heterocycles. The summed E-state index contributed by atoms with van der Waals surface area (Å²) in [6.07, 6.45) is 1.20. The van der Waals surface area contributed by atoms with Crippen LogP contribution in [0.5, 0.6) is 0 Å². The lowest BCUT2D eigenvalue weighted by molar-refractivity contribution is -0.139. The first-order chi connectivity index (χ1) is 9.36. The maximum absolute atomic E-state index is 12.1. The van der Waals surface area contributed by atoms with Crippen molar-refractivity contribution in [1.29, 1.82) is 0 Å². The van der Waals surface area contributed by atoms with E-state index in [2.05, 4.69) is 21.2 Å². The first-order valence-corrected chi connectivity index (χ1v) is 8.76. The predicted octanol–water partition coefficient (Wildman–Crippen LogP) is 2.07. The minimum Gasteiger partial charge on any atom is -0.480 e. The molecule has 0 radical (unpaired) electrons. The molecule has 0 aliphatic rings. The summed E-state index contributed by atoms with van der Waals surface area (Å²) in [5.41, 5.74) is 0. The van der Waals surface area contributed by atoms with E-state index in [1.807, 2.05) is 6.92 Å². The first kappa shape index (κ1) is 17.1. The van der Waals surface area contributed by atoms with Crippen LogP contribution in [0.25, 0.3) is 0 Å². The normalized spacial score (nSPS) is 13.1. The maximum atomic E-state index is 12.1. The minimum atomic E-state index is -3.40. The Labute approximate surface area is 127 Å². The number of carboxylic acid groups (broad SMARTS) is 1. The second-order valence-corrected chi connectivity index (χ2v) is 7.43. The molecule has 0 aliphatic heterocycles. The summed E-state index contributed by atoms with van der Waals surface area (Å²) >= 11 is 3.23. The highest BCUT2D eigenvalue weighted by Crippen LogP contribution is 2.17. The molecular formula is C13H18BrNO4S. The molecule has 1 aromatic rings. The molecule has 5 nitrogen and oxygen atoms in total. The lowest BCUT2D eigenvalue weighted by Gasteiger charge is -2.13. The molecule has 1 rings (SSSR count). The van der Waals surface area contributed by atoms with E-state index >= 15 is 0 Å². The molecule has 20 heavy (non-hydrogen) atoms. The second kappa shape index (κ2) is 7.75. The van der Waals surface area contributed by atoms with Crippen molar-refractivity contribution in [2.24, 2.45) is 0 Å². The van der Waals surface area contributed by atoms with Crippen LogP contribution >= 0.6 is 15.9 Å². The number of halogens is 1. The van der Waals surface area contributed by atoms with Gasteiger partial charge in [0, 0.05) is 11.0 Å². The van der Waals surface area contributed by atoms with Crippen LogP contribution in [0.4, 0.5) is 0 Å². The van der Waals surface area contributed by atoms with E-state index < -0.39 is 21.8 Å². The third-order valence-corrected chi connectivity index (χ3v) is 5.00. The Hall–Kier alpha value is -0.920. The van der Waals surface area contributed by atoms with Crippen molar-refractivity contribution in [1.82, 2.24) is 5.32 Å². The zero-order chi connectivity index (χ0) is 15.2. The zero-order valence-electron chi connectivity index (χ0n) is 11.2. The van der Waals surface area contributed by atoms with Crippen LogP contribution in [0.3, 0.4) is 0 Å². The van der Waals surface area contributed by atoms with Gasteiger partial charge in [0.2, 0.25) is 0 Å². The van der Waals surface area contributed by atoms with E-state index in [1.165, 1.54) is 12.1 Å². The zero-order valence-corrected chi connectivity index (χ0v) is 13.6. The van der Waals surface area contributed by atoms with Crippen LogP contribution in [-0.4, -0.2) is 37.8 Å². The Balaban J connectivity index is 2.62. The van der Waals surface area contributed by atoms with Gasteiger partial charge in [-0.3, -0.25) is 4.79 Å². The smallest absolute Gasteiger partial charge is 0.320 e. The second-order valence-electron chi connectivity index (χ2n) is 4.41. The number of nitrogens with one attached hydrogen (secondary N) is 1. The fraction of sp³-hybridized carbons (Fsp3) is 0.462. The Morgan fingerprint density at radius 1 is 1.45 bits per heavy atom. The molecular weight excluding hydrogens is 346 g/mol. The van der Waals surface area contributed by atoms with Gasteiger partial charge in [-0.25, -0.2) is 8.42 Å². The Morgan fingerprint density at radius 3 is 2.70 bits per heavy atom. The molecule has 2 N–H and O–H groups in total. The third-order valence-electron chi connectivity index (χ3n) is 2.79. The average molecular weight is 364 g/mol. The SMILES string of the molecule is CCCC(NCCS(=O)(=O)c1cccc(Br)c1)C(=O)O. The van der Waals surface area contributed by atoms with E-state index in [1.54, 1.807) is 12.1 Å². The fourth-order valence-corrected chi connectivity index (χ4v) is 3.51. The van der Waals surface area contributed by atoms with Gasteiger partial charge in [-0.15, -0.1) is 0 Å². The van der Waals surface area contributed by atoms with Crippen LogP contribution in [0.1, 0.15) is 19.8 Å². The molecule has 1 unspecified atom stereocenters. The number of rotatable bonds is 8. The molecule has 0 amide bonds. The van der Waals surface area contributed by atoms with Crippen molar-refractivity contribution in [2.45, 2.75) is 30.7 Å². The predicted molar refractivity (Wildman–Crippen MR) is 80.5 cm³/mol. The molecule has 112 valence electrons. The van der Waals surface area contributed by atoms with Crippen LogP contribution < -0.4 is 5.32 Å². The molecule has 0 saturated heterocycles. The van der Waals surface area contributed by atoms with Crippen molar-refractivity contribution in [2.75, 3.05) is 12.3 Å². The highest BCUT2D eigenvalue weighted by molar-refractivity contribution is 9.10. The summed E-state index contributed by atoms with van der Waals surface area (Å²) in [5, 5.41) is 11.7. The number of hydrogen-bond acceptors (Lipinski definition) is 4. The van der Waals surface area contributed by atoms with E-state index in [-0.39, 0.29) is 17.2 Å². The van der Waals surface area contributed by atoms with Gasteiger partial charge in [0.25, 0.3) is 0 Å². The Morgan fingerprint density at radius 2 is 2.15 bits per heavy atom. The summed E-state index contributed by atoms with van der Waals surface area (Å²) in [7, 11) is -3.40. The van der Waals surface area contributed by atoms with Gasteiger partial charge in [0.1, 0.15) is 6.04 Å². The molecule has 0 fully saturated rings. The third kappa shape index (κ3) is 5.22. The Bertz CT molecular complexity index is 559. The molecule has 1 atom stereocenters. The van der Waals surface area contributed by atoms with Gasteiger partial charge in [-0.05, 0) is 24.6 Å². The summed E-state index contributed by atoms with van der Waals surface area (Å²) in [6.45, 7) is 2.00. The van der Waals surface area contributed by atoms with Crippen molar-refractivity contribution in [3.63, 3.8) is 0 Å². The molecule has 0 spiro atoms. The highest BCUT2D eigenvalue weighted by atomic mass is 79.9. The molecule has 7 heteroatoms. The summed E-state index contributed by atoms with van der Waals surface area (Å²) in [6, 6.07) is 5.77. The number of benzene rings is 1. The molecule has 0 aromatic heterocycles. The summed E-state index contributed by atoms with van der Waals surface area (Å²) in [5.74, 6) is -1.08. The highest BCUT2D eigenvalue weighted by Gasteiger charge is 2.18. The van der Waals surface area contributed by atoms with Crippen LogP contribution in [-0.2, 0) is 14.6 Å². The summed E-state index contributed by atoms with van der Waals surface area (Å²) in [4.78, 5) is 11.2. The van der Waals surface area contributed by atoms with Crippen molar-refractivity contribution < 1.29 is 18.3 Å². The van der Waals surface area contributed by atoms with Crippen molar-refractivity contribution in [3.05, 3.63) is 28.7 Å². The maximum Gasteiger partial charge on any atom is 0.320 e. The topological polar surface area (TPSA) is 83.5 Å². The number of aliphatic carboxylic acids is 1. The van der Waals surface area contributed by atoms with Crippen molar-refractivity contribution >= 4 is 31.7 Å². The lowest BCUT2D eigenvalue weighted by Crippen LogP contribution is -2.39. The van der Waals surface area contributed by atoms with Crippen LogP contribution in [0.15, 0.2) is 33.6 Å². The first-order valence-electron chi connectivity index (χ1n) is 6.31. The monoisotopic (exact) mass is 363 g/mol. The number of hydrogen-bond donors (Lipinski definition) is 2. The number of carbonyl (C=O) groups is 1. The fourth-order valence-electron chi connectivity index (χ4n) is 1.75. The van der Waals surface area contributed by atoms with Gasteiger partial charge < -0.3 is 10.4 Å². The van der Waals surface area contributed by atoms with E-state index in [0.717, 1.165) is 6.42 Å². The number of sulfone groups is 1. The number of carboxylic acids is 1. The van der Waals surface area contributed by atoms with Gasteiger partial charge in [-0.2, -0.15) is 0 Å². The lowest BCUT2D eigenvalue weighted by atomic mass is 10.2. The van der Waals surface area contributed by atoms with Crippen LogP contribution in [0.2, 0.25) is 0 Å². The van der Waals surface area contributed by atoms with Crippen molar-refractivity contribution in [3.8, 4) is 0 Å². The van der Waals surface area contributed by atoms with Gasteiger partial charge in [0.15, 0.2) is 9.84 Å². The molecule has 0 saturated carbocycles. The molecule has 0 aliphatic carbocycles.